The fourth-order valence-corrected chi connectivity index (χ4v) is 12.2. The van der Waals surface area contributed by atoms with Crippen LogP contribution in [0.25, 0.3) is 55.6 Å². The van der Waals surface area contributed by atoms with Gasteiger partial charge in [0.1, 0.15) is 0 Å². The van der Waals surface area contributed by atoms with Crippen molar-refractivity contribution >= 4 is 17.1 Å². The van der Waals surface area contributed by atoms with Gasteiger partial charge in [0.15, 0.2) is 0 Å². The van der Waals surface area contributed by atoms with Gasteiger partial charge in [0.25, 0.3) is 0 Å². The summed E-state index contributed by atoms with van der Waals surface area (Å²) in [6.45, 7) is 9.54. The van der Waals surface area contributed by atoms with E-state index in [0.29, 0.717) is 0 Å². The van der Waals surface area contributed by atoms with Crippen molar-refractivity contribution in [3.05, 3.63) is 209 Å². The van der Waals surface area contributed by atoms with Crippen molar-refractivity contribution < 1.29 is 0 Å². The molecule has 8 aromatic carbocycles. The predicted molar refractivity (Wildman–Crippen MR) is 252 cm³/mol. The summed E-state index contributed by atoms with van der Waals surface area (Å²) in [5, 5.41) is 0. The van der Waals surface area contributed by atoms with Gasteiger partial charge >= 0.3 is 0 Å². The van der Waals surface area contributed by atoms with Gasteiger partial charge in [0.05, 0.1) is 5.69 Å². The highest BCUT2D eigenvalue weighted by molar-refractivity contribution is 5.96. The Labute approximate surface area is 355 Å². The monoisotopic (exact) mass is 771 g/mol. The number of anilines is 3. The Morgan fingerprint density at radius 1 is 0.350 bits per heavy atom. The standard InChI is InChI=1S/C59H49N/c1-57(2)50-22-9-5-16-42(50)45-32-28-39(36-53(45)57)38-26-29-40(30-27-38)60(41-31-33-46-43-17-7-11-24-52(43)59(54(46)37-41)34-13-14-35-59)55-25-12-8-19-47(55)49-21-15-20-48-44-18-6-10-23-51(44)58(3,4)56(48)49/h5-12,15-33,36-37H,13-14,34-35H2,1-4H3. The topological polar surface area (TPSA) is 3.24 Å². The molecule has 0 bridgehead atoms. The van der Waals surface area contributed by atoms with Crippen LogP contribution in [0.15, 0.2) is 176 Å². The largest absolute Gasteiger partial charge is 0.310 e. The van der Waals surface area contributed by atoms with E-state index in [4.69, 9.17) is 0 Å². The van der Waals surface area contributed by atoms with Gasteiger partial charge < -0.3 is 4.90 Å². The van der Waals surface area contributed by atoms with Crippen molar-refractivity contribution in [3.63, 3.8) is 0 Å². The van der Waals surface area contributed by atoms with E-state index >= 15 is 0 Å². The molecule has 1 nitrogen and oxygen atoms in total. The van der Waals surface area contributed by atoms with Gasteiger partial charge in [0, 0.05) is 33.2 Å². The van der Waals surface area contributed by atoms with Crippen LogP contribution >= 0.6 is 0 Å². The summed E-state index contributed by atoms with van der Waals surface area (Å²) in [6.07, 6.45) is 4.96. The number of benzene rings is 8. The van der Waals surface area contributed by atoms with Gasteiger partial charge in [-0.25, -0.2) is 0 Å². The quantitative estimate of drug-likeness (QED) is 0.168. The third kappa shape index (κ3) is 4.87. The zero-order valence-electron chi connectivity index (χ0n) is 35.0. The molecule has 0 heterocycles. The molecule has 0 saturated heterocycles. The number of hydrogen-bond acceptors (Lipinski definition) is 1. The van der Waals surface area contributed by atoms with Gasteiger partial charge in [-0.15, -0.1) is 0 Å². The van der Waals surface area contributed by atoms with E-state index in [1.165, 1.54) is 126 Å². The molecule has 1 saturated carbocycles. The van der Waals surface area contributed by atoms with Crippen molar-refractivity contribution in [2.45, 2.75) is 69.6 Å². The van der Waals surface area contributed by atoms with Crippen LogP contribution in [-0.4, -0.2) is 0 Å². The number of nitrogens with zero attached hydrogens (tertiary/aromatic N) is 1. The highest BCUT2D eigenvalue weighted by Crippen LogP contribution is 2.59. The number of para-hydroxylation sites is 1. The van der Waals surface area contributed by atoms with Gasteiger partial charge in [0.2, 0.25) is 0 Å². The fourth-order valence-electron chi connectivity index (χ4n) is 12.2. The number of fused-ring (bicyclic) bond motifs is 11. The summed E-state index contributed by atoms with van der Waals surface area (Å²) >= 11 is 0. The maximum absolute atomic E-state index is 2.56. The van der Waals surface area contributed by atoms with Crippen LogP contribution in [0.3, 0.4) is 0 Å². The summed E-state index contributed by atoms with van der Waals surface area (Å²) in [4.78, 5) is 2.54. The summed E-state index contributed by atoms with van der Waals surface area (Å²) in [5.74, 6) is 0. The van der Waals surface area contributed by atoms with Crippen molar-refractivity contribution in [2.24, 2.45) is 0 Å². The van der Waals surface area contributed by atoms with Crippen LogP contribution in [0.2, 0.25) is 0 Å². The molecule has 0 radical (unpaired) electrons. The molecule has 1 heteroatoms. The smallest absolute Gasteiger partial charge is 0.0540 e. The molecule has 0 N–H and O–H groups in total. The van der Waals surface area contributed by atoms with Crippen LogP contribution in [0, 0.1) is 0 Å². The third-order valence-corrected chi connectivity index (χ3v) is 15.0. The average Bonchev–Trinajstić information content (AvgIpc) is 4.01. The molecular weight excluding hydrogens is 723 g/mol. The molecule has 0 aliphatic heterocycles. The molecular formula is C59H49N. The average molecular weight is 772 g/mol. The van der Waals surface area contributed by atoms with Gasteiger partial charge in [-0.3, -0.25) is 0 Å². The Bertz CT molecular complexity index is 3040. The van der Waals surface area contributed by atoms with Crippen molar-refractivity contribution in [2.75, 3.05) is 4.90 Å². The molecule has 0 unspecified atom stereocenters. The van der Waals surface area contributed by atoms with Gasteiger partial charge in [-0.05, 0) is 133 Å². The third-order valence-electron chi connectivity index (χ3n) is 15.0. The molecule has 1 spiro atoms. The predicted octanol–water partition coefficient (Wildman–Crippen LogP) is 15.9. The Balaban J connectivity index is 1.03. The lowest BCUT2D eigenvalue weighted by Gasteiger charge is -2.32. The molecule has 1 fully saturated rings. The van der Waals surface area contributed by atoms with Crippen molar-refractivity contribution in [1.82, 2.24) is 0 Å². The van der Waals surface area contributed by atoms with E-state index < -0.39 is 0 Å². The second-order valence-corrected chi connectivity index (χ2v) is 18.8. The second kappa shape index (κ2) is 12.8. The van der Waals surface area contributed by atoms with E-state index in [1.807, 2.05) is 0 Å². The highest BCUT2D eigenvalue weighted by atomic mass is 15.1. The molecule has 0 aromatic heterocycles. The lowest BCUT2D eigenvalue weighted by Crippen LogP contribution is -2.21. The zero-order chi connectivity index (χ0) is 40.4. The Hall–Kier alpha value is -6.44. The van der Waals surface area contributed by atoms with Gasteiger partial charge in [-0.1, -0.05) is 180 Å². The minimum atomic E-state index is -0.137. The first kappa shape index (κ1) is 35.5. The maximum atomic E-state index is 2.56. The molecule has 60 heavy (non-hydrogen) atoms. The molecule has 12 rings (SSSR count). The number of rotatable bonds is 5. The van der Waals surface area contributed by atoms with E-state index in [9.17, 15) is 0 Å². The molecule has 0 amide bonds. The Kier molecular flexibility index (Phi) is 7.56. The minimum Gasteiger partial charge on any atom is -0.310 e. The van der Waals surface area contributed by atoms with Crippen LogP contribution in [0.1, 0.15) is 86.8 Å². The lowest BCUT2D eigenvalue weighted by atomic mass is 9.76. The highest BCUT2D eigenvalue weighted by Gasteiger charge is 2.45. The first-order chi connectivity index (χ1) is 29.3. The number of hydrogen-bond donors (Lipinski definition) is 0. The molecule has 4 aliphatic rings. The molecule has 0 atom stereocenters. The van der Waals surface area contributed by atoms with Gasteiger partial charge in [-0.2, -0.15) is 0 Å². The van der Waals surface area contributed by atoms with Crippen molar-refractivity contribution in [3.8, 4) is 55.6 Å². The lowest BCUT2D eigenvalue weighted by molar-refractivity contribution is 0.550. The first-order valence-electron chi connectivity index (χ1n) is 22.0. The van der Waals surface area contributed by atoms with E-state index in [2.05, 4.69) is 209 Å². The van der Waals surface area contributed by atoms with Crippen LogP contribution in [0.4, 0.5) is 17.1 Å². The molecule has 8 aromatic rings. The fraction of sp³-hybridized carbons (Fsp3) is 0.186. The second-order valence-electron chi connectivity index (χ2n) is 18.8. The maximum Gasteiger partial charge on any atom is 0.0540 e. The summed E-state index contributed by atoms with van der Waals surface area (Å²) in [7, 11) is 0. The zero-order valence-corrected chi connectivity index (χ0v) is 35.0. The summed E-state index contributed by atoms with van der Waals surface area (Å²) in [5.41, 5.74) is 25.4. The van der Waals surface area contributed by atoms with E-state index in [-0.39, 0.29) is 16.2 Å². The summed E-state index contributed by atoms with van der Waals surface area (Å²) in [6, 6.07) is 67.0. The van der Waals surface area contributed by atoms with Crippen LogP contribution in [-0.2, 0) is 16.2 Å². The summed E-state index contributed by atoms with van der Waals surface area (Å²) < 4.78 is 0. The minimum absolute atomic E-state index is 0.0418. The normalized spacial score (nSPS) is 16.5. The van der Waals surface area contributed by atoms with Crippen molar-refractivity contribution in [1.29, 1.82) is 0 Å². The van der Waals surface area contributed by atoms with Crippen LogP contribution < -0.4 is 4.90 Å². The Morgan fingerprint density at radius 2 is 0.833 bits per heavy atom. The van der Waals surface area contributed by atoms with Crippen LogP contribution in [0.5, 0.6) is 0 Å². The first-order valence-corrected chi connectivity index (χ1v) is 22.0. The Morgan fingerprint density at radius 3 is 1.55 bits per heavy atom. The SMILES string of the molecule is CC1(C)c2ccccc2-c2ccc(-c3ccc(N(c4ccc5c(c4)C4(CCCC4)c4ccccc4-5)c4ccccc4-c4cccc5c4C(C)(C)c4ccccc4-5)cc3)cc21. The molecule has 4 aliphatic carbocycles. The van der Waals surface area contributed by atoms with E-state index in [1.54, 1.807) is 0 Å². The van der Waals surface area contributed by atoms with E-state index in [0.717, 1.165) is 5.69 Å². The molecule has 290 valence electrons.